The average Bonchev–Trinajstić information content (AvgIpc) is 2.45. The summed E-state index contributed by atoms with van der Waals surface area (Å²) in [4.78, 5) is 11.7. The first-order valence-electron chi connectivity index (χ1n) is 7.59. The Bertz CT molecular complexity index is 365. The third kappa shape index (κ3) is 8.36. The molecule has 0 fully saturated rings. The number of allylic oxidation sites excluding steroid dienone is 1. The molecule has 0 saturated heterocycles. The van der Waals surface area contributed by atoms with E-state index in [9.17, 15) is 4.79 Å². The van der Waals surface area contributed by atoms with E-state index in [0.717, 1.165) is 12.0 Å². The molecule has 0 aliphatic rings. The van der Waals surface area contributed by atoms with Crippen LogP contribution in [-0.4, -0.2) is 5.78 Å². The molecular weight excluding hydrogens is 232 g/mol. The van der Waals surface area contributed by atoms with Crippen LogP contribution >= 0.6 is 0 Å². The first kappa shape index (κ1) is 15.7. The van der Waals surface area contributed by atoms with Gasteiger partial charge in [0.1, 0.15) is 0 Å². The number of carbonyl (C=O) groups excluding carboxylic acids is 1. The predicted octanol–water partition coefficient (Wildman–Crippen LogP) is 5.41. The molecule has 0 aliphatic heterocycles. The fourth-order valence-corrected chi connectivity index (χ4v) is 2.09. The Morgan fingerprint density at radius 1 is 0.947 bits per heavy atom. The van der Waals surface area contributed by atoms with Crippen LogP contribution in [0.3, 0.4) is 0 Å². The van der Waals surface area contributed by atoms with E-state index in [1.165, 1.54) is 38.5 Å². The van der Waals surface area contributed by atoms with E-state index in [0.29, 0.717) is 6.42 Å². The largest absolute Gasteiger partial charge is 0.295 e. The first-order valence-corrected chi connectivity index (χ1v) is 7.59. The van der Waals surface area contributed by atoms with Gasteiger partial charge >= 0.3 is 0 Å². The number of ketones is 1. The molecule has 0 aliphatic carbocycles. The smallest absolute Gasteiger partial charge is 0.155 e. The zero-order valence-corrected chi connectivity index (χ0v) is 12.1. The van der Waals surface area contributed by atoms with Gasteiger partial charge in [-0.1, -0.05) is 81.9 Å². The monoisotopic (exact) mass is 258 g/mol. The summed E-state index contributed by atoms with van der Waals surface area (Å²) in [5.74, 6) is 0.248. The number of hydrogen-bond acceptors (Lipinski definition) is 1. The number of benzene rings is 1. The van der Waals surface area contributed by atoms with Gasteiger partial charge in [0.25, 0.3) is 0 Å². The Hall–Kier alpha value is -1.37. The highest BCUT2D eigenvalue weighted by atomic mass is 16.1. The van der Waals surface area contributed by atoms with E-state index in [2.05, 4.69) is 6.92 Å². The first-order chi connectivity index (χ1) is 9.33. The van der Waals surface area contributed by atoms with Crippen molar-refractivity contribution in [3.05, 3.63) is 42.0 Å². The normalized spacial score (nSPS) is 11.0. The molecule has 1 nitrogen and oxygen atoms in total. The maximum absolute atomic E-state index is 11.7. The zero-order chi connectivity index (χ0) is 13.8. The van der Waals surface area contributed by atoms with E-state index in [-0.39, 0.29) is 5.78 Å². The van der Waals surface area contributed by atoms with Crippen LogP contribution in [0.2, 0.25) is 0 Å². The molecule has 1 aromatic carbocycles. The van der Waals surface area contributed by atoms with Crippen LogP contribution in [0.15, 0.2) is 36.4 Å². The highest BCUT2D eigenvalue weighted by Crippen LogP contribution is 2.09. The second-order valence-electron chi connectivity index (χ2n) is 5.08. The lowest BCUT2D eigenvalue weighted by Gasteiger charge is -1.99. The van der Waals surface area contributed by atoms with Crippen LogP contribution in [-0.2, 0) is 4.79 Å². The lowest BCUT2D eigenvalue weighted by molar-refractivity contribution is -0.114. The lowest BCUT2D eigenvalue weighted by atomic mass is 10.1. The molecule has 0 unspecified atom stereocenters. The molecule has 0 atom stereocenters. The Labute approximate surface area is 117 Å². The molecule has 1 heteroatoms. The fraction of sp³-hybridized carbons (Fsp3) is 0.500. The van der Waals surface area contributed by atoms with Crippen LogP contribution in [0.5, 0.6) is 0 Å². The molecule has 104 valence electrons. The molecule has 0 radical (unpaired) electrons. The minimum atomic E-state index is 0.248. The van der Waals surface area contributed by atoms with Gasteiger partial charge in [0.05, 0.1) is 0 Å². The number of rotatable bonds is 10. The summed E-state index contributed by atoms with van der Waals surface area (Å²) in [6.07, 6.45) is 13.1. The third-order valence-electron chi connectivity index (χ3n) is 3.29. The third-order valence-corrected chi connectivity index (χ3v) is 3.29. The SMILES string of the molecule is CCCCCCCCCC(=O)C=Cc1ccccc1. The van der Waals surface area contributed by atoms with E-state index in [1.807, 2.05) is 36.4 Å². The van der Waals surface area contributed by atoms with Gasteiger partial charge < -0.3 is 0 Å². The van der Waals surface area contributed by atoms with Crippen LogP contribution < -0.4 is 0 Å². The Morgan fingerprint density at radius 3 is 2.26 bits per heavy atom. The maximum atomic E-state index is 11.7. The molecule has 1 aromatic rings. The molecule has 0 N–H and O–H groups in total. The van der Waals surface area contributed by atoms with Gasteiger partial charge in [-0.2, -0.15) is 0 Å². The van der Waals surface area contributed by atoms with Crippen LogP contribution in [0.1, 0.15) is 63.9 Å². The Kier molecular flexibility index (Phi) is 8.70. The van der Waals surface area contributed by atoms with E-state index in [4.69, 9.17) is 0 Å². The highest BCUT2D eigenvalue weighted by Gasteiger charge is 1.97. The Morgan fingerprint density at radius 2 is 1.58 bits per heavy atom. The average molecular weight is 258 g/mol. The second-order valence-corrected chi connectivity index (χ2v) is 5.08. The van der Waals surface area contributed by atoms with Crippen molar-refractivity contribution in [2.24, 2.45) is 0 Å². The topological polar surface area (TPSA) is 17.1 Å². The number of unbranched alkanes of at least 4 members (excludes halogenated alkanes) is 6. The predicted molar refractivity (Wildman–Crippen MR) is 83.1 cm³/mol. The van der Waals surface area contributed by atoms with E-state index < -0.39 is 0 Å². The molecule has 0 aromatic heterocycles. The molecule has 0 spiro atoms. The Balaban J connectivity index is 2.07. The summed E-state index contributed by atoms with van der Waals surface area (Å²) in [5, 5.41) is 0. The molecule has 1 rings (SSSR count). The van der Waals surface area contributed by atoms with E-state index in [1.54, 1.807) is 6.08 Å². The molecule has 0 heterocycles. The van der Waals surface area contributed by atoms with Crippen molar-refractivity contribution in [1.29, 1.82) is 0 Å². The number of hydrogen-bond donors (Lipinski definition) is 0. The van der Waals surface area contributed by atoms with Crippen molar-refractivity contribution < 1.29 is 4.79 Å². The standard InChI is InChI=1S/C18H26O/c1-2-3-4-5-6-7-11-14-18(19)16-15-17-12-9-8-10-13-17/h8-10,12-13,15-16H,2-7,11,14H2,1H3. The van der Waals surface area contributed by atoms with Crippen molar-refractivity contribution in [2.75, 3.05) is 0 Å². The summed E-state index contributed by atoms with van der Waals surface area (Å²) >= 11 is 0. The highest BCUT2D eigenvalue weighted by molar-refractivity contribution is 5.93. The van der Waals surface area contributed by atoms with Crippen molar-refractivity contribution >= 4 is 11.9 Å². The summed E-state index contributed by atoms with van der Waals surface area (Å²) in [7, 11) is 0. The van der Waals surface area contributed by atoms with Crippen molar-refractivity contribution in [3.8, 4) is 0 Å². The van der Waals surface area contributed by atoms with Crippen molar-refractivity contribution in [1.82, 2.24) is 0 Å². The van der Waals surface area contributed by atoms with Crippen LogP contribution in [0, 0.1) is 0 Å². The van der Waals surface area contributed by atoms with Gasteiger partial charge in [-0.25, -0.2) is 0 Å². The zero-order valence-electron chi connectivity index (χ0n) is 12.1. The van der Waals surface area contributed by atoms with Gasteiger partial charge in [0.15, 0.2) is 5.78 Å². The summed E-state index contributed by atoms with van der Waals surface area (Å²) in [5.41, 5.74) is 1.09. The van der Waals surface area contributed by atoms with Gasteiger partial charge in [-0.15, -0.1) is 0 Å². The van der Waals surface area contributed by atoms with Gasteiger partial charge in [0, 0.05) is 6.42 Å². The van der Waals surface area contributed by atoms with Crippen LogP contribution in [0.4, 0.5) is 0 Å². The van der Waals surface area contributed by atoms with Crippen molar-refractivity contribution in [3.63, 3.8) is 0 Å². The molecule has 0 amide bonds. The second kappa shape index (κ2) is 10.5. The fourth-order valence-electron chi connectivity index (χ4n) is 2.09. The lowest BCUT2D eigenvalue weighted by Crippen LogP contribution is -1.92. The molecule has 19 heavy (non-hydrogen) atoms. The summed E-state index contributed by atoms with van der Waals surface area (Å²) in [6, 6.07) is 9.98. The molecule has 0 bridgehead atoms. The quantitative estimate of drug-likeness (QED) is 0.405. The molecular formula is C18H26O. The van der Waals surface area contributed by atoms with Gasteiger partial charge in [0.2, 0.25) is 0 Å². The van der Waals surface area contributed by atoms with Gasteiger partial charge in [-0.3, -0.25) is 4.79 Å². The molecule has 0 saturated carbocycles. The maximum Gasteiger partial charge on any atom is 0.155 e. The van der Waals surface area contributed by atoms with Crippen LogP contribution in [0.25, 0.3) is 6.08 Å². The minimum Gasteiger partial charge on any atom is -0.295 e. The summed E-state index contributed by atoms with van der Waals surface area (Å²) < 4.78 is 0. The summed E-state index contributed by atoms with van der Waals surface area (Å²) in [6.45, 7) is 2.23. The van der Waals surface area contributed by atoms with Gasteiger partial charge in [-0.05, 0) is 18.1 Å². The van der Waals surface area contributed by atoms with E-state index >= 15 is 0 Å². The number of carbonyl (C=O) groups is 1. The van der Waals surface area contributed by atoms with Crippen molar-refractivity contribution in [2.45, 2.75) is 58.3 Å². The minimum absolute atomic E-state index is 0.248.